The lowest BCUT2D eigenvalue weighted by molar-refractivity contribution is 0.356. The van der Waals surface area contributed by atoms with Gasteiger partial charge in [0, 0.05) is 19.9 Å². The van der Waals surface area contributed by atoms with E-state index < -0.39 is 0 Å². The van der Waals surface area contributed by atoms with Gasteiger partial charge in [0.05, 0.1) is 28.5 Å². The van der Waals surface area contributed by atoms with Crippen molar-refractivity contribution in [2.75, 3.05) is 6.61 Å². The molecule has 0 saturated heterocycles. The van der Waals surface area contributed by atoms with E-state index in [1.807, 2.05) is 24.7 Å². The lowest BCUT2D eigenvalue weighted by Crippen LogP contribution is -2.30. The third-order valence-corrected chi connectivity index (χ3v) is 5.01. The van der Waals surface area contributed by atoms with Gasteiger partial charge in [-0.25, -0.2) is 0 Å². The second-order valence-electron chi connectivity index (χ2n) is 5.36. The topological polar surface area (TPSA) is 65.1 Å². The monoisotopic (exact) mass is 350 g/mol. The molecule has 21 heavy (non-hydrogen) atoms. The Labute approximate surface area is 132 Å². The van der Waals surface area contributed by atoms with Crippen LogP contribution in [0.2, 0.25) is 0 Å². The number of nitrogens with zero attached hydrogens (tertiary/aromatic N) is 2. The molecule has 0 aliphatic carbocycles. The van der Waals surface area contributed by atoms with Gasteiger partial charge >= 0.3 is 0 Å². The van der Waals surface area contributed by atoms with E-state index >= 15 is 0 Å². The van der Waals surface area contributed by atoms with Crippen molar-refractivity contribution in [3.05, 3.63) is 45.2 Å². The van der Waals surface area contributed by atoms with Crippen molar-refractivity contribution in [3.8, 4) is 5.75 Å². The van der Waals surface area contributed by atoms with Crippen molar-refractivity contribution in [2.24, 2.45) is 12.9 Å². The number of hydrogen-bond acceptors (Lipinski definition) is 4. The molecule has 1 unspecified atom stereocenters. The van der Waals surface area contributed by atoms with Crippen LogP contribution < -0.4 is 16.0 Å². The van der Waals surface area contributed by atoms with Crippen molar-refractivity contribution in [2.45, 2.75) is 25.8 Å². The fraction of sp³-hybridized carbons (Fsp3) is 0.400. The molecule has 1 aromatic heterocycles. The predicted molar refractivity (Wildman–Crippen MR) is 85.1 cm³/mol. The van der Waals surface area contributed by atoms with E-state index in [-0.39, 0.29) is 6.04 Å². The normalized spacial score (nSPS) is 14.9. The van der Waals surface area contributed by atoms with Crippen LogP contribution in [0.4, 0.5) is 0 Å². The van der Waals surface area contributed by atoms with Gasteiger partial charge in [-0.2, -0.15) is 5.10 Å². The molecule has 0 fully saturated rings. The number of benzene rings is 1. The van der Waals surface area contributed by atoms with Crippen molar-refractivity contribution in [1.29, 1.82) is 0 Å². The van der Waals surface area contributed by atoms with Crippen LogP contribution in [0.1, 0.15) is 28.6 Å². The van der Waals surface area contributed by atoms with E-state index in [0.717, 1.165) is 41.1 Å². The third-order valence-electron chi connectivity index (χ3n) is 3.98. The van der Waals surface area contributed by atoms with E-state index in [4.69, 9.17) is 10.6 Å². The summed E-state index contributed by atoms with van der Waals surface area (Å²) in [7, 11) is 1.96. The molecular formula is C15H19BrN4O. The number of hydrogen-bond donors (Lipinski definition) is 2. The average molecular weight is 351 g/mol. The van der Waals surface area contributed by atoms with Crippen LogP contribution in [0.15, 0.2) is 22.7 Å². The first kappa shape index (κ1) is 14.6. The maximum atomic E-state index is 5.78. The Morgan fingerprint density at radius 2 is 2.33 bits per heavy atom. The highest BCUT2D eigenvalue weighted by Crippen LogP contribution is 2.30. The number of nitrogens with two attached hydrogens (primary N) is 1. The van der Waals surface area contributed by atoms with Gasteiger partial charge in [0.25, 0.3) is 0 Å². The first-order valence-electron chi connectivity index (χ1n) is 7.00. The fourth-order valence-electron chi connectivity index (χ4n) is 2.79. The van der Waals surface area contributed by atoms with Gasteiger partial charge in [-0.1, -0.05) is 12.1 Å². The third kappa shape index (κ3) is 2.71. The molecule has 1 aliphatic heterocycles. The molecule has 5 nitrogen and oxygen atoms in total. The van der Waals surface area contributed by atoms with Crippen LogP contribution >= 0.6 is 15.9 Å². The highest BCUT2D eigenvalue weighted by Gasteiger charge is 2.20. The van der Waals surface area contributed by atoms with Crippen LogP contribution in [-0.2, 0) is 19.9 Å². The molecule has 2 aromatic rings. The number of hydrazine groups is 1. The minimum Gasteiger partial charge on any atom is -0.493 e. The summed E-state index contributed by atoms with van der Waals surface area (Å²) in [6.07, 6.45) is 1.74. The summed E-state index contributed by atoms with van der Waals surface area (Å²) < 4.78 is 8.51. The molecule has 3 N–H and O–H groups in total. The summed E-state index contributed by atoms with van der Waals surface area (Å²) >= 11 is 3.61. The quantitative estimate of drug-likeness (QED) is 0.655. The van der Waals surface area contributed by atoms with Gasteiger partial charge in [0.15, 0.2) is 0 Å². The summed E-state index contributed by atoms with van der Waals surface area (Å²) in [4.78, 5) is 0. The second-order valence-corrected chi connectivity index (χ2v) is 6.15. The SMILES string of the molecule is Cc1nn(C)c(CC(NN)c2ccc3c(c2)CCO3)c1Br. The Balaban J connectivity index is 1.88. The first-order valence-corrected chi connectivity index (χ1v) is 7.79. The van der Waals surface area contributed by atoms with Gasteiger partial charge in [0.2, 0.25) is 0 Å². The average Bonchev–Trinajstić information content (AvgIpc) is 3.03. The van der Waals surface area contributed by atoms with Gasteiger partial charge in [-0.15, -0.1) is 0 Å². The molecule has 1 aromatic carbocycles. The van der Waals surface area contributed by atoms with Gasteiger partial charge in [-0.3, -0.25) is 16.0 Å². The molecule has 3 rings (SSSR count). The Morgan fingerprint density at radius 3 is 3.00 bits per heavy atom. The Kier molecular flexibility index (Phi) is 4.01. The summed E-state index contributed by atoms with van der Waals surface area (Å²) in [5, 5.41) is 4.43. The smallest absolute Gasteiger partial charge is 0.122 e. The fourth-order valence-corrected chi connectivity index (χ4v) is 3.29. The molecule has 112 valence electrons. The van der Waals surface area contributed by atoms with Crippen molar-refractivity contribution >= 4 is 15.9 Å². The maximum Gasteiger partial charge on any atom is 0.122 e. The molecule has 6 heteroatoms. The molecular weight excluding hydrogens is 332 g/mol. The van der Waals surface area contributed by atoms with Gasteiger partial charge < -0.3 is 4.74 Å². The summed E-state index contributed by atoms with van der Waals surface area (Å²) in [5.41, 5.74) is 7.47. The number of aryl methyl sites for hydroxylation is 2. The number of halogens is 1. The van der Waals surface area contributed by atoms with E-state index in [0.29, 0.717) is 0 Å². The minimum atomic E-state index is 0.0435. The summed E-state index contributed by atoms with van der Waals surface area (Å²) in [6, 6.07) is 6.34. The lowest BCUT2D eigenvalue weighted by Gasteiger charge is -2.17. The minimum absolute atomic E-state index is 0.0435. The molecule has 0 bridgehead atoms. The molecule has 2 heterocycles. The van der Waals surface area contributed by atoms with Crippen LogP contribution in [0, 0.1) is 6.92 Å². The van der Waals surface area contributed by atoms with Crippen LogP contribution in [0.3, 0.4) is 0 Å². The molecule has 0 amide bonds. The largest absolute Gasteiger partial charge is 0.493 e. The van der Waals surface area contributed by atoms with E-state index in [9.17, 15) is 0 Å². The zero-order valence-corrected chi connectivity index (χ0v) is 13.8. The van der Waals surface area contributed by atoms with Gasteiger partial charge in [-0.05, 0) is 40.0 Å². The number of rotatable bonds is 4. The van der Waals surface area contributed by atoms with E-state index in [2.05, 4.69) is 38.6 Å². The lowest BCUT2D eigenvalue weighted by atomic mass is 9.99. The predicted octanol–water partition coefficient (Wildman–Crippen LogP) is 2.17. The Morgan fingerprint density at radius 1 is 1.52 bits per heavy atom. The Bertz CT molecular complexity index is 668. The van der Waals surface area contributed by atoms with Crippen LogP contribution in [0.25, 0.3) is 0 Å². The highest BCUT2D eigenvalue weighted by atomic mass is 79.9. The maximum absolute atomic E-state index is 5.78. The number of nitrogens with one attached hydrogen (secondary N) is 1. The molecule has 0 radical (unpaired) electrons. The Hall–Kier alpha value is -1.37. The number of ether oxygens (including phenoxy) is 1. The zero-order chi connectivity index (χ0) is 15.0. The first-order chi connectivity index (χ1) is 10.1. The number of fused-ring (bicyclic) bond motifs is 1. The summed E-state index contributed by atoms with van der Waals surface area (Å²) in [5.74, 6) is 6.77. The van der Waals surface area contributed by atoms with E-state index in [1.165, 1.54) is 11.1 Å². The van der Waals surface area contributed by atoms with Crippen molar-refractivity contribution in [3.63, 3.8) is 0 Å². The van der Waals surface area contributed by atoms with Crippen LogP contribution in [-0.4, -0.2) is 16.4 Å². The van der Waals surface area contributed by atoms with E-state index in [1.54, 1.807) is 0 Å². The van der Waals surface area contributed by atoms with Crippen LogP contribution in [0.5, 0.6) is 5.75 Å². The molecule has 1 atom stereocenters. The zero-order valence-electron chi connectivity index (χ0n) is 12.2. The van der Waals surface area contributed by atoms with Crippen molar-refractivity contribution in [1.82, 2.24) is 15.2 Å². The van der Waals surface area contributed by atoms with Crippen molar-refractivity contribution < 1.29 is 4.74 Å². The summed E-state index contributed by atoms with van der Waals surface area (Å²) in [6.45, 7) is 2.76. The number of aromatic nitrogens is 2. The second kappa shape index (κ2) is 5.79. The molecule has 0 spiro atoms. The molecule has 0 saturated carbocycles. The van der Waals surface area contributed by atoms with Gasteiger partial charge in [0.1, 0.15) is 5.75 Å². The highest BCUT2D eigenvalue weighted by molar-refractivity contribution is 9.10. The standard InChI is InChI=1S/C15H19BrN4O/c1-9-15(16)13(20(2)19-9)8-12(18-17)10-3-4-14-11(7-10)5-6-21-14/h3-4,7,12,18H,5-6,8,17H2,1-2H3. The molecule has 1 aliphatic rings.